The van der Waals surface area contributed by atoms with Crippen LogP contribution >= 0.6 is 0 Å². The van der Waals surface area contributed by atoms with Crippen molar-refractivity contribution in [3.05, 3.63) is 109 Å². The van der Waals surface area contributed by atoms with Crippen molar-refractivity contribution in [1.29, 1.82) is 0 Å². The van der Waals surface area contributed by atoms with E-state index in [1.165, 1.54) is 22.3 Å². The predicted molar refractivity (Wildman–Crippen MR) is 128 cm³/mol. The average Bonchev–Trinajstić information content (AvgIpc) is 3.48. The number of amides is 1. The molecule has 2 aromatic rings. The third-order valence-electron chi connectivity index (χ3n) is 7.03. The van der Waals surface area contributed by atoms with E-state index < -0.39 is 16.8 Å². The van der Waals surface area contributed by atoms with Gasteiger partial charge in [0.25, 0.3) is 0 Å². The van der Waals surface area contributed by atoms with E-state index in [4.69, 9.17) is 0 Å². The molecule has 0 spiro atoms. The molecular weight excluding hydrogens is 414 g/mol. The van der Waals surface area contributed by atoms with Gasteiger partial charge in [0.05, 0.1) is 0 Å². The summed E-state index contributed by atoms with van der Waals surface area (Å²) in [5.74, 6) is 1.53. The molecule has 3 heteroatoms. The minimum absolute atomic E-state index is 0.755. The molecule has 158 valence electrons. The normalized spacial score (nSPS) is 24.3. The van der Waals surface area contributed by atoms with Crippen LogP contribution in [0.2, 0.25) is 13.7 Å². The van der Waals surface area contributed by atoms with Crippen molar-refractivity contribution in [3.8, 4) is 0 Å². The molecule has 2 fully saturated rings. The number of rotatable bonds is 6. The summed E-state index contributed by atoms with van der Waals surface area (Å²) < 4.78 is 6.85. The van der Waals surface area contributed by atoms with Crippen molar-refractivity contribution in [2.24, 2.45) is 11.8 Å². The van der Waals surface area contributed by atoms with Crippen LogP contribution in [-0.4, -0.2) is 6.41 Å². The Morgan fingerprint density at radius 3 is 1.90 bits per heavy atom. The molecular formula is C28H31NOTi. The zero-order valence-electron chi connectivity index (χ0n) is 18.0. The first kappa shape index (κ1) is 21.8. The minimum atomic E-state index is -1.85. The molecule has 1 N–H and O–H groups in total. The molecule has 2 aromatic carbocycles. The van der Waals surface area contributed by atoms with Gasteiger partial charge in [-0.05, 0) is 22.3 Å². The van der Waals surface area contributed by atoms with Crippen LogP contribution in [0.5, 0.6) is 0 Å². The van der Waals surface area contributed by atoms with Gasteiger partial charge >= 0.3 is 94.5 Å². The second-order valence-corrected chi connectivity index (χ2v) is 15.6. The van der Waals surface area contributed by atoms with E-state index in [0.717, 1.165) is 44.7 Å². The van der Waals surface area contributed by atoms with Crippen LogP contribution in [-0.2, 0) is 21.6 Å². The fraction of sp³-hybridized carbons (Fsp3) is 0.250. The first-order chi connectivity index (χ1) is 15.1. The molecule has 1 heterocycles. The van der Waals surface area contributed by atoms with E-state index in [1.807, 2.05) is 36.4 Å². The quantitative estimate of drug-likeness (QED) is 0.289. The van der Waals surface area contributed by atoms with Crippen molar-refractivity contribution < 1.29 is 21.6 Å². The Balaban J connectivity index is 0.000000149. The Morgan fingerprint density at radius 1 is 0.839 bits per heavy atom. The van der Waals surface area contributed by atoms with Crippen LogP contribution in [0.15, 0.2) is 98.1 Å². The first-order valence-corrected chi connectivity index (χ1v) is 15.1. The summed E-state index contributed by atoms with van der Waals surface area (Å²) in [6.45, 7) is 8.20. The molecule has 31 heavy (non-hydrogen) atoms. The van der Waals surface area contributed by atoms with Gasteiger partial charge in [0.1, 0.15) is 0 Å². The molecule has 3 aliphatic rings. The number of hydrogen-bond acceptors (Lipinski definition) is 1. The van der Waals surface area contributed by atoms with E-state index in [0.29, 0.717) is 0 Å². The molecule has 1 aliphatic heterocycles. The predicted octanol–water partition coefficient (Wildman–Crippen LogP) is 7.01. The van der Waals surface area contributed by atoms with Gasteiger partial charge in [0, 0.05) is 0 Å². The van der Waals surface area contributed by atoms with E-state index in [-0.39, 0.29) is 0 Å². The van der Waals surface area contributed by atoms with E-state index in [1.54, 1.807) is 0 Å². The molecule has 1 saturated carbocycles. The van der Waals surface area contributed by atoms with Crippen molar-refractivity contribution in [2.45, 2.75) is 26.5 Å². The Hall–Kier alpha value is -2.42. The van der Waals surface area contributed by atoms with Gasteiger partial charge in [0.15, 0.2) is 0 Å². The van der Waals surface area contributed by atoms with Gasteiger partial charge in [0.2, 0.25) is 0 Å². The zero-order chi connectivity index (χ0) is 21.7. The fourth-order valence-corrected chi connectivity index (χ4v) is 12.4. The first-order valence-electron chi connectivity index (χ1n) is 11.2. The average molecular weight is 445 g/mol. The number of carbonyl (C=O) groups is 1. The third-order valence-corrected chi connectivity index (χ3v) is 13.8. The number of benzene rings is 2. The maximum atomic E-state index is 10.7. The summed E-state index contributed by atoms with van der Waals surface area (Å²) in [5.41, 5.74) is 4.20. The van der Waals surface area contributed by atoms with Crippen LogP contribution < -0.4 is 3.80 Å². The van der Waals surface area contributed by atoms with Gasteiger partial charge in [-0.3, -0.25) is 0 Å². The maximum absolute atomic E-state index is 10.7. The number of allylic oxidation sites excluding steroid dienone is 6. The molecule has 0 radical (unpaired) electrons. The van der Waals surface area contributed by atoms with Crippen LogP contribution in [0, 0.1) is 11.8 Å². The molecule has 3 unspecified atom stereocenters. The summed E-state index contributed by atoms with van der Waals surface area (Å²) in [7, 11) is 0. The van der Waals surface area contributed by atoms with Gasteiger partial charge < -0.3 is 0 Å². The van der Waals surface area contributed by atoms with E-state index in [9.17, 15) is 4.79 Å². The number of carbonyl (C=O) groups excluding carboxylic acids is 1. The van der Waals surface area contributed by atoms with Gasteiger partial charge in [-0.1, -0.05) is 73.8 Å². The number of hydrogen-bond donors (Lipinski definition) is 1. The number of nitrogens with one attached hydrogen (secondary N) is 1. The van der Waals surface area contributed by atoms with Gasteiger partial charge in [-0.25, -0.2) is 0 Å². The standard InChI is InChI=1S/C16H14.C9H11.C2H4.CH3NO.Ti/c1-13(15-9-5-3-6-10-15)14(2)16-11-7-4-8-12-16;1-2-5-9-7-3-6-8(9)4-1;1-2;2-1-3;/h3-12H,1-2H2;1-2,4-6,8-9H,3,7H2;1-2H2;1H,(H2,2,3);/q;;;;+1/p-1. The zero-order valence-corrected chi connectivity index (χ0v) is 19.6. The van der Waals surface area contributed by atoms with Crippen LogP contribution in [0.1, 0.15) is 24.0 Å². The van der Waals surface area contributed by atoms with Gasteiger partial charge in [-0.15, -0.1) is 0 Å². The van der Waals surface area contributed by atoms with Crippen molar-refractivity contribution in [3.63, 3.8) is 0 Å². The summed E-state index contributed by atoms with van der Waals surface area (Å²) in [6, 6.07) is 20.3. The topological polar surface area (TPSA) is 29.1 Å². The molecule has 3 atom stereocenters. The molecule has 2 aliphatic carbocycles. The summed E-state index contributed by atoms with van der Waals surface area (Å²) in [4.78, 5) is 10.7. The molecule has 2 nitrogen and oxygen atoms in total. The SMILES string of the molecule is C=C(C(=C)c1ccccc1)c1ccccc1.O=C[NH][Ti]1([CH]2CCC3C=CC=CC32)[CH2][CH2]1. The third kappa shape index (κ3) is 4.92. The Kier molecular flexibility index (Phi) is 6.90. The second-order valence-electron chi connectivity index (χ2n) is 8.80. The van der Waals surface area contributed by atoms with Crippen molar-refractivity contribution in [2.75, 3.05) is 0 Å². The molecule has 0 aromatic heterocycles. The second kappa shape index (κ2) is 9.81. The molecule has 1 amide bonds. The Bertz CT molecular complexity index is 939. The molecule has 5 rings (SSSR count). The Morgan fingerprint density at radius 2 is 1.39 bits per heavy atom. The summed E-state index contributed by atoms with van der Waals surface area (Å²) in [6.07, 6.45) is 12.8. The fourth-order valence-electron chi connectivity index (χ4n) is 5.10. The van der Waals surface area contributed by atoms with Gasteiger partial charge in [-0.2, -0.15) is 0 Å². The van der Waals surface area contributed by atoms with Crippen LogP contribution in [0.3, 0.4) is 0 Å². The van der Waals surface area contributed by atoms with E-state index in [2.05, 4.69) is 65.5 Å². The van der Waals surface area contributed by atoms with Crippen molar-refractivity contribution >= 4 is 17.6 Å². The number of fused-ring (bicyclic) bond motifs is 1. The van der Waals surface area contributed by atoms with Crippen LogP contribution in [0.25, 0.3) is 11.1 Å². The summed E-state index contributed by atoms with van der Waals surface area (Å²) in [5, 5.41) is 0. The molecule has 0 bridgehead atoms. The monoisotopic (exact) mass is 445 g/mol. The van der Waals surface area contributed by atoms with Crippen molar-refractivity contribution in [1.82, 2.24) is 3.80 Å². The van der Waals surface area contributed by atoms with Crippen LogP contribution in [0.4, 0.5) is 0 Å². The molecule has 1 saturated heterocycles. The summed E-state index contributed by atoms with van der Waals surface area (Å²) >= 11 is -1.85. The van der Waals surface area contributed by atoms with E-state index >= 15 is 0 Å². The Labute approximate surface area is 190 Å².